The maximum Gasteiger partial charge on any atom is 0.0304 e. The highest BCUT2D eigenvalue weighted by molar-refractivity contribution is 5.45. The summed E-state index contributed by atoms with van der Waals surface area (Å²) < 4.78 is 0. The van der Waals surface area contributed by atoms with Crippen LogP contribution in [0.15, 0.2) is 54.6 Å². The summed E-state index contributed by atoms with van der Waals surface area (Å²) in [5.41, 5.74) is 4.45. The van der Waals surface area contributed by atoms with Crippen molar-refractivity contribution in [3.63, 3.8) is 0 Å². The smallest absolute Gasteiger partial charge is 0.0304 e. The first kappa shape index (κ1) is 11.5. The van der Waals surface area contributed by atoms with Crippen LogP contribution >= 0.6 is 0 Å². The van der Waals surface area contributed by atoms with Gasteiger partial charge in [0, 0.05) is 18.5 Å². The monoisotopic (exact) mass is 237 g/mol. The Morgan fingerprint density at radius 2 is 1.61 bits per heavy atom. The molecule has 92 valence electrons. The molecule has 0 N–H and O–H groups in total. The van der Waals surface area contributed by atoms with Gasteiger partial charge in [-0.3, -0.25) is 0 Å². The lowest BCUT2D eigenvalue weighted by Gasteiger charge is -2.41. The molecule has 2 aromatic rings. The maximum absolute atomic E-state index is 2.41. The van der Waals surface area contributed by atoms with Gasteiger partial charge in [-0.1, -0.05) is 61.5 Å². The average molecular weight is 237 g/mol. The minimum Gasteiger partial charge on any atom is -0.301 e. The van der Waals surface area contributed by atoms with E-state index in [1.54, 1.807) is 0 Å². The minimum atomic E-state index is 0.102. The topological polar surface area (TPSA) is 3.24 Å². The van der Waals surface area contributed by atoms with Crippen molar-refractivity contribution in [3.05, 3.63) is 71.3 Å². The highest BCUT2D eigenvalue weighted by atomic mass is 15.1. The Labute approximate surface area is 109 Å². The van der Waals surface area contributed by atoms with Crippen molar-refractivity contribution in [1.82, 2.24) is 4.90 Å². The standard InChI is InChI=1S/C17H19N/c1-17(15-9-4-3-5-10-15)13-18(2)12-14-8-6-7-11-16(14)17/h3-11H,12-13H2,1-2H3. The summed E-state index contributed by atoms with van der Waals surface area (Å²) in [7, 11) is 2.21. The van der Waals surface area contributed by atoms with Gasteiger partial charge in [0.1, 0.15) is 0 Å². The molecule has 0 aliphatic carbocycles. The quantitative estimate of drug-likeness (QED) is 0.734. The Kier molecular flexibility index (Phi) is 2.71. The first-order valence-electron chi connectivity index (χ1n) is 6.52. The molecule has 0 fully saturated rings. The molecule has 0 radical (unpaired) electrons. The van der Waals surface area contributed by atoms with Gasteiger partial charge in [-0.15, -0.1) is 0 Å². The molecule has 1 nitrogen and oxygen atoms in total. The summed E-state index contributed by atoms with van der Waals surface area (Å²) >= 11 is 0. The van der Waals surface area contributed by atoms with E-state index in [0.29, 0.717) is 0 Å². The van der Waals surface area contributed by atoms with E-state index in [-0.39, 0.29) is 5.41 Å². The average Bonchev–Trinajstić information content (AvgIpc) is 2.39. The zero-order valence-corrected chi connectivity index (χ0v) is 11.1. The van der Waals surface area contributed by atoms with Gasteiger partial charge in [0.2, 0.25) is 0 Å². The van der Waals surface area contributed by atoms with Crippen LogP contribution in [-0.2, 0) is 12.0 Å². The van der Waals surface area contributed by atoms with E-state index in [2.05, 4.69) is 73.5 Å². The molecule has 0 bridgehead atoms. The van der Waals surface area contributed by atoms with Crippen molar-refractivity contribution in [3.8, 4) is 0 Å². The second-order valence-corrected chi connectivity index (χ2v) is 5.53. The molecular weight excluding hydrogens is 218 g/mol. The van der Waals surface area contributed by atoms with Crippen molar-refractivity contribution in [2.24, 2.45) is 0 Å². The number of nitrogens with zero attached hydrogens (tertiary/aromatic N) is 1. The Morgan fingerprint density at radius 3 is 2.39 bits per heavy atom. The third-order valence-electron chi connectivity index (χ3n) is 4.05. The van der Waals surface area contributed by atoms with E-state index in [1.165, 1.54) is 16.7 Å². The number of hydrogen-bond donors (Lipinski definition) is 0. The lowest BCUT2D eigenvalue weighted by molar-refractivity contribution is 0.248. The number of hydrogen-bond acceptors (Lipinski definition) is 1. The Balaban J connectivity index is 2.17. The van der Waals surface area contributed by atoms with Crippen molar-refractivity contribution in [1.29, 1.82) is 0 Å². The fourth-order valence-electron chi connectivity index (χ4n) is 3.22. The molecular formula is C17H19N. The van der Waals surface area contributed by atoms with Gasteiger partial charge in [-0.05, 0) is 23.7 Å². The van der Waals surface area contributed by atoms with Crippen LogP contribution in [0.25, 0.3) is 0 Å². The van der Waals surface area contributed by atoms with Crippen LogP contribution in [0.3, 0.4) is 0 Å². The number of benzene rings is 2. The second kappa shape index (κ2) is 4.25. The van der Waals surface area contributed by atoms with Gasteiger partial charge in [0.25, 0.3) is 0 Å². The third-order valence-corrected chi connectivity index (χ3v) is 4.05. The fourth-order valence-corrected chi connectivity index (χ4v) is 3.22. The Morgan fingerprint density at radius 1 is 0.944 bits per heavy atom. The fraction of sp³-hybridized carbons (Fsp3) is 0.294. The summed E-state index contributed by atoms with van der Waals surface area (Å²) in [6.07, 6.45) is 0. The molecule has 0 saturated carbocycles. The van der Waals surface area contributed by atoms with Gasteiger partial charge in [-0.25, -0.2) is 0 Å². The molecule has 0 spiro atoms. The third kappa shape index (κ3) is 1.75. The number of fused-ring (bicyclic) bond motifs is 1. The van der Waals surface area contributed by atoms with Gasteiger partial charge in [0.05, 0.1) is 0 Å². The van der Waals surface area contributed by atoms with Crippen LogP contribution in [0, 0.1) is 0 Å². The zero-order valence-electron chi connectivity index (χ0n) is 11.1. The van der Waals surface area contributed by atoms with Crippen molar-refractivity contribution >= 4 is 0 Å². The summed E-state index contributed by atoms with van der Waals surface area (Å²) in [4.78, 5) is 2.41. The first-order chi connectivity index (χ1) is 8.70. The Bertz CT molecular complexity index is 547. The van der Waals surface area contributed by atoms with Crippen molar-refractivity contribution < 1.29 is 0 Å². The van der Waals surface area contributed by atoms with Gasteiger partial charge in [0.15, 0.2) is 0 Å². The maximum atomic E-state index is 2.41. The number of rotatable bonds is 1. The van der Waals surface area contributed by atoms with E-state index < -0.39 is 0 Å². The normalized spacial score (nSPS) is 23.7. The van der Waals surface area contributed by atoms with Crippen molar-refractivity contribution in [2.45, 2.75) is 18.9 Å². The molecule has 1 heteroatoms. The highest BCUT2D eigenvalue weighted by Gasteiger charge is 2.35. The summed E-state index contributed by atoms with van der Waals surface area (Å²) in [5.74, 6) is 0. The second-order valence-electron chi connectivity index (χ2n) is 5.53. The molecule has 0 amide bonds. The van der Waals surface area contributed by atoms with Gasteiger partial charge >= 0.3 is 0 Å². The largest absolute Gasteiger partial charge is 0.301 e. The molecule has 1 heterocycles. The summed E-state index contributed by atoms with van der Waals surface area (Å²) in [5, 5.41) is 0. The summed E-state index contributed by atoms with van der Waals surface area (Å²) in [6, 6.07) is 19.7. The van der Waals surface area contributed by atoms with Crippen LogP contribution < -0.4 is 0 Å². The predicted molar refractivity (Wildman–Crippen MR) is 75.7 cm³/mol. The lowest BCUT2D eigenvalue weighted by Crippen LogP contribution is -2.42. The van der Waals surface area contributed by atoms with E-state index in [9.17, 15) is 0 Å². The van der Waals surface area contributed by atoms with Crippen LogP contribution in [0.4, 0.5) is 0 Å². The zero-order chi connectivity index (χ0) is 12.6. The highest BCUT2D eigenvalue weighted by Crippen LogP contribution is 2.38. The molecule has 0 saturated heterocycles. The molecule has 3 rings (SSSR count). The molecule has 1 atom stereocenters. The van der Waals surface area contributed by atoms with Crippen LogP contribution in [0.5, 0.6) is 0 Å². The Hall–Kier alpha value is -1.60. The van der Waals surface area contributed by atoms with E-state index in [0.717, 1.165) is 13.1 Å². The molecule has 2 aromatic carbocycles. The van der Waals surface area contributed by atoms with Crippen LogP contribution in [-0.4, -0.2) is 18.5 Å². The number of likely N-dealkylation sites (N-methyl/N-ethyl adjacent to an activating group) is 1. The molecule has 18 heavy (non-hydrogen) atoms. The van der Waals surface area contributed by atoms with Gasteiger partial charge in [-0.2, -0.15) is 0 Å². The predicted octanol–water partition coefficient (Wildman–Crippen LogP) is 3.44. The molecule has 1 unspecified atom stereocenters. The first-order valence-corrected chi connectivity index (χ1v) is 6.52. The van der Waals surface area contributed by atoms with Crippen LogP contribution in [0.1, 0.15) is 23.6 Å². The van der Waals surface area contributed by atoms with Gasteiger partial charge < -0.3 is 4.90 Å². The van der Waals surface area contributed by atoms with E-state index >= 15 is 0 Å². The molecule has 1 aliphatic heterocycles. The molecule has 1 aliphatic rings. The molecule has 0 aromatic heterocycles. The lowest BCUT2D eigenvalue weighted by atomic mass is 9.72. The van der Waals surface area contributed by atoms with E-state index in [1.807, 2.05) is 0 Å². The summed E-state index contributed by atoms with van der Waals surface area (Å²) in [6.45, 7) is 4.49. The van der Waals surface area contributed by atoms with Crippen LogP contribution in [0.2, 0.25) is 0 Å². The minimum absolute atomic E-state index is 0.102. The SMILES string of the molecule is CN1Cc2ccccc2C(C)(c2ccccc2)C1. The van der Waals surface area contributed by atoms with Crippen molar-refractivity contribution in [2.75, 3.05) is 13.6 Å². The van der Waals surface area contributed by atoms with E-state index in [4.69, 9.17) is 0 Å².